The van der Waals surface area contributed by atoms with E-state index in [1.54, 1.807) is 12.1 Å². The van der Waals surface area contributed by atoms with E-state index in [1.165, 1.54) is 0 Å². The third kappa shape index (κ3) is 3.09. The molecule has 1 aromatic heterocycles. The SMILES string of the molecule is Cc1cccc(C)c1NC(=O)c1oc(=O)c2ccccc2c1-c1ccccc1. The molecule has 4 aromatic rings. The highest BCUT2D eigenvalue weighted by atomic mass is 16.4. The molecule has 4 heteroatoms. The summed E-state index contributed by atoms with van der Waals surface area (Å²) in [6.45, 7) is 3.86. The van der Waals surface area contributed by atoms with Gasteiger partial charge in [-0.05, 0) is 36.6 Å². The van der Waals surface area contributed by atoms with Gasteiger partial charge in [-0.1, -0.05) is 66.7 Å². The Kier molecular flexibility index (Phi) is 4.53. The molecule has 1 amide bonds. The topological polar surface area (TPSA) is 59.3 Å². The minimum atomic E-state index is -0.526. The smallest absolute Gasteiger partial charge is 0.344 e. The first kappa shape index (κ1) is 17.7. The number of carbonyl (C=O) groups excluding carboxylic acids is 1. The molecule has 0 unspecified atom stereocenters. The second kappa shape index (κ2) is 7.16. The van der Waals surface area contributed by atoms with Crippen LogP contribution in [0.5, 0.6) is 0 Å². The van der Waals surface area contributed by atoms with Crippen molar-refractivity contribution < 1.29 is 9.21 Å². The Morgan fingerprint density at radius 1 is 0.786 bits per heavy atom. The highest BCUT2D eigenvalue weighted by molar-refractivity contribution is 6.12. The van der Waals surface area contributed by atoms with Crippen molar-refractivity contribution in [2.75, 3.05) is 5.32 Å². The van der Waals surface area contributed by atoms with Crippen LogP contribution in [0.3, 0.4) is 0 Å². The first-order chi connectivity index (χ1) is 13.6. The van der Waals surface area contributed by atoms with Gasteiger partial charge in [0.1, 0.15) is 0 Å². The lowest BCUT2D eigenvalue weighted by Crippen LogP contribution is -2.18. The lowest BCUT2D eigenvalue weighted by atomic mass is 9.98. The van der Waals surface area contributed by atoms with Crippen LogP contribution < -0.4 is 10.9 Å². The van der Waals surface area contributed by atoms with Crippen molar-refractivity contribution in [3.63, 3.8) is 0 Å². The summed E-state index contributed by atoms with van der Waals surface area (Å²) in [5.74, 6) is -0.434. The van der Waals surface area contributed by atoms with E-state index in [1.807, 2.05) is 74.5 Å². The molecule has 138 valence electrons. The monoisotopic (exact) mass is 369 g/mol. The normalized spacial score (nSPS) is 10.8. The summed E-state index contributed by atoms with van der Waals surface area (Å²) in [5.41, 5.74) is 3.51. The molecule has 0 radical (unpaired) electrons. The maximum Gasteiger partial charge on any atom is 0.344 e. The van der Waals surface area contributed by atoms with Crippen LogP contribution in [0.15, 0.2) is 82.0 Å². The molecule has 28 heavy (non-hydrogen) atoms. The molecule has 0 atom stereocenters. The van der Waals surface area contributed by atoms with Gasteiger partial charge in [-0.25, -0.2) is 4.79 Å². The van der Waals surface area contributed by atoms with Crippen molar-refractivity contribution in [3.05, 3.63) is 100 Å². The van der Waals surface area contributed by atoms with Gasteiger partial charge in [-0.15, -0.1) is 0 Å². The number of carbonyl (C=O) groups is 1. The molecular weight excluding hydrogens is 350 g/mol. The van der Waals surface area contributed by atoms with Gasteiger partial charge in [-0.2, -0.15) is 0 Å². The molecular formula is C24H19NO3. The molecule has 0 bridgehead atoms. The molecule has 4 rings (SSSR count). The summed E-state index contributed by atoms with van der Waals surface area (Å²) in [4.78, 5) is 25.7. The number of para-hydroxylation sites is 1. The highest BCUT2D eigenvalue weighted by Gasteiger charge is 2.22. The summed E-state index contributed by atoms with van der Waals surface area (Å²) >= 11 is 0. The Morgan fingerprint density at radius 2 is 1.39 bits per heavy atom. The predicted octanol–water partition coefficient (Wildman–Crippen LogP) is 5.33. The van der Waals surface area contributed by atoms with Crippen molar-refractivity contribution in [1.82, 2.24) is 0 Å². The first-order valence-electron chi connectivity index (χ1n) is 9.05. The van der Waals surface area contributed by atoms with Crippen molar-refractivity contribution in [3.8, 4) is 11.1 Å². The quantitative estimate of drug-likeness (QED) is 0.531. The maximum absolute atomic E-state index is 13.2. The van der Waals surface area contributed by atoms with Gasteiger partial charge in [0.05, 0.1) is 5.39 Å². The van der Waals surface area contributed by atoms with Crippen molar-refractivity contribution in [2.24, 2.45) is 0 Å². The van der Waals surface area contributed by atoms with Gasteiger partial charge in [0.15, 0.2) is 0 Å². The molecule has 0 fully saturated rings. The fourth-order valence-electron chi connectivity index (χ4n) is 3.43. The highest BCUT2D eigenvalue weighted by Crippen LogP contribution is 2.31. The molecule has 1 heterocycles. The largest absolute Gasteiger partial charge is 0.416 e. The van der Waals surface area contributed by atoms with Crippen LogP contribution in [-0.4, -0.2) is 5.91 Å². The van der Waals surface area contributed by atoms with Crippen LogP contribution in [0.4, 0.5) is 5.69 Å². The zero-order valence-corrected chi connectivity index (χ0v) is 15.7. The van der Waals surface area contributed by atoms with Crippen LogP contribution >= 0.6 is 0 Å². The third-order valence-electron chi connectivity index (χ3n) is 4.83. The lowest BCUT2D eigenvalue weighted by Gasteiger charge is -2.14. The number of benzene rings is 3. The fraction of sp³-hybridized carbons (Fsp3) is 0.0833. The summed E-state index contributed by atoms with van der Waals surface area (Å²) in [6.07, 6.45) is 0. The molecule has 3 aromatic carbocycles. The number of nitrogens with one attached hydrogen (secondary N) is 1. The van der Waals surface area contributed by atoms with E-state index in [2.05, 4.69) is 5.32 Å². The van der Waals surface area contributed by atoms with Crippen LogP contribution in [0.2, 0.25) is 0 Å². The van der Waals surface area contributed by atoms with Crippen molar-refractivity contribution in [2.45, 2.75) is 13.8 Å². The Morgan fingerprint density at radius 3 is 2.07 bits per heavy atom. The van der Waals surface area contributed by atoms with Crippen LogP contribution in [0.25, 0.3) is 21.9 Å². The molecule has 0 saturated carbocycles. The molecule has 0 aliphatic heterocycles. The molecule has 0 aliphatic rings. The summed E-state index contributed by atoms with van der Waals surface area (Å²) in [7, 11) is 0. The number of anilines is 1. The van der Waals surface area contributed by atoms with Gasteiger partial charge in [0, 0.05) is 16.6 Å². The van der Waals surface area contributed by atoms with Crippen molar-refractivity contribution >= 4 is 22.4 Å². The van der Waals surface area contributed by atoms with E-state index in [0.29, 0.717) is 16.3 Å². The van der Waals surface area contributed by atoms with Gasteiger partial charge in [-0.3, -0.25) is 4.79 Å². The van der Waals surface area contributed by atoms with Gasteiger partial charge in [0.25, 0.3) is 5.91 Å². The second-order valence-electron chi connectivity index (χ2n) is 6.73. The maximum atomic E-state index is 13.2. The Labute approximate surface area is 162 Å². The van der Waals surface area contributed by atoms with E-state index in [-0.39, 0.29) is 5.76 Å². The van der Waals surface area contributed by atoms with Crippen LogP contribution in [-0.2, 0) is 0 Å². The Hall–Kier alpha value is -3.66. The minimum absolute atomic E-state index is 0.0116. The summed E-state index contributed by atoms with van der Waals surface area (Å²) < 4.78 is 5.52. The Bertz CT molecular complexity index is 1220. The van der Waals surface area contributed by atoms with E-state index in [9.17, 15) is 9.59 Å². The number of rotatable bonds is 3. The number of fused-ring (bicyclic) bond motifs is 1. The molecule has 1 N–H and O–H groups in total. The van der Waals surface area contributed by atoms with Gasteiger partial charge >= 0.3 is 5.63 Å². The fourth-order valence-corrected chi connectivity index (χ4v) is 3.43. The third-order valence-corrected chi connectivity index (χ3v) is 4.83. The average Bonchev–Trinajstić information content (AvgIpc) is 2.71. The molecule has 4 nitrogen and oxygen atoms in total. The lowest BCUT2D eigenvalue weighted by molar-refractivity contribution is 0.0994. The zero-order chi connectivity index (χ0) is 19.7. The van der Waals surface area contributed by atoms with Crippen LogP contribution in [0.1, 0.15) is 21.7 Å². The number of hydrogen-bond donors (Lipinski definition) is 1. The minimum Gasteiger partial charge on any atom is -0.416 e. The molecule has 0 saturated heterocycles. The van der Waals surface area contributed by atoms with E-state index >= 15 is 0 Å². The Balaban J connectivity index is 1.94. The van der Waals surface area contributed by atoms with Crippen LogP contribution in [0, 0.1) is 13.8 Å². The van der Waals surface area contributed by atoms with Crippen molar-refractivity contribution in [1.29, 1.82) is 0 Å². The predicted molar refractivity (Wildman–Crippen MR) is 112 cm³/mol. The number of hydrogen-bond acceptors (Lipinski definition) is 3. The molecule has 0 spiro atoms. The van der Waals surface area contributed by atoms with E-state index in [4.69, 9.17) is 4.42 Å². The second-order valence-corrected chi connectivity index (χ2v) is 6.73. The molecule has 0 aliphatic carbocycles. The number of aryl methyl sites for hydroxylation is 2. The van der Waals surface area contributed by atoms with Gasteiger partial charge < -0.3 is 9.73 Å². The zero-order valence-electron chi connectivity index (χ0n) is 15.7. The van der Waals surface area contributed by atoms with Gasteiger partial charge in [0.2, 0.25) is 5.76 Å². The number of amides is 1. The average molecular weight is 369 g/mol. The standard InChI is InChI=1S/C24H19NO3/c1-15-9-8-10-16(2)21(15)25-23(26)22-20(17-11-4-3-5-12-17)18-13-6-7-14-19(18)24(27)28-22/h3-14H,1-2H3,(H,25,26). The summed E-state index contributed by atoms with van der Waals surface area (Å²) in [6, 6.07) is 22.5. The van der Waals surface area contributed by atoms with E-state index < -0.39 is 11.5 Å². The van der Waals surface area contributed by atoms with E-state index in [0.717, 1.165) is 22.4 Å². The first-order valence-corrected chi connectivity index (χ1v) is 9.05. The summed E-state index contributed by atoms with van der Waals surface area (Å²) in [5, 5.41) is 4.07.